The van der Waals surface area contributed by atoms with E-state index in [2.05, 4.69) is 23.0 Å². The van der Waals surface area contributed by atoms with Crippen molar-refractivity contribution in [3.8, 4) is 0 Å². The molecule has 2 N–H and O–H groups in total. The molecule has 0 bridgehead atoms. The van der Waals surface area contributed by atoms with Crippen molar-refractivity contribution < 1.29 is 0 Å². The molecular formula is C13H24N4. The second-order valence-electron chi connectivity index (χ2n) is 5.01. The lowest BCUT2D eigenvalue weighted by Gasteiger charge is -2.34. The maximum atomic E-state index is 5.93. The van der Waals surface area contributed by atoms with Crippen LogP contribution in [-0.2, 0) is 7.05 Å². The first kappa shape index (κ1) is 12.4. The van der Waals surface area contributed by atoms with E-state index in [0.717, 1.165) is 25.3 Å². The molecule has 96 valence electrons. The van der Waals surface area contributed by atoms with E-state index in [1.54, 1.807) is 0 Å². The molecule has 1 aromatic heterocycles. The van der Waals surface area contributed by atoms with Gasteiger partial charge in [-0.15, -0.1) is 0 Å². The van der Waals surface area contributed by atoms with Crippen LogP contribution in [0.5, 0.6) is 0 Å². The average Bonchev–Trinajstić information content (AvgIpc) is 2.65. The Bertz CT molecular complexity index is 347. The number of aryl methyl sites for hydroxylation is 1. The van der Waals surface area contributed by atoms with Gasteiger partial charge in [-0.1, -0.05) is 13.3 Å². The number of rotatable bonds is 3. The predicted octanol–water partition coefficient (Wildman–Crippen LogP) is 1.76. The topological polar surface area (TPSA) is 47.1 Å². The van der Waals surface area contributed by atoms with Crippen LogP contribution in [-0.4, -0.2) is 28.9 Å². The van der Waals surface area contributed by atoms with Crippen LogP contribution >= 0.6 is 0 Å². The normalized spacial score (nSPS) is 25.9. The van der Waals surface area contributed by atoms with Gasteiger partial charge in [0, 0.05) is 31.9 Å². The molecule has 0 aromatic carbocycles. The van der Waals surface area contributed by atoms with Gasteiger partial charge in [-0.05, 0) is 31.7 Å². The van der Waals surface area contributed by atoms with Crippen LogP contribution in [0, 0.1) is 5.92 Å². The highest BCUT2D eigenvalue weighted by Crippen LogP contribution is 2.28. The van der Waals surface area contributed by atoms with Gasteiger partial charge in [-0.3, -0.25) is 4.68 Å². The van der Waals surface area contributed by atoms with Crippen molar-refractivity contribution in [2.24, 2.45) is 18.7 Å². The molecule has 0 radical (unpaired) electrons. The van der Waals surface area contributed by atoms with E-state index in [-0.39, 0.29) is 0 Å². The lowest BCUT2D eigenvalue weighted by Crippen LogP contribution is -2.42. The predicted molar refractivity (Wildman–Crippen MR) is 71.0 cm³/mol. The summed E-state index contributed by atoms with van der Waals surface area (Å²) >= 11 is 0. The molecule has 1 saturated heterocycles. The zero-order valence-corrected chi connectivity index (χ0v) is 11.0. The smallest absolute Gasteiger partial charge is 0.150 e. The van der Waals surface area contributed by atoms with Crippen LogP contribution < -0.4 is 10.6 Å². The Morgan fingerprint density at radius 2 is 2.29 bits per heavy atom. The van der Waals surface area contributed by atoms with Crippen molar-refractivity contribution in [3.05, 3.63) is 12.3 Å². The minimum atomic E-state index is 0.553. The van der Waals surface area contributed by atoms with Crippen molar-refractivity contribution in [3.63, 3.8) is 0 Å². The molecule has 1 aliphatic rings. The molecule has 17 heavy (non-hydrogen) atoms. The van der Waals surface area contributed by atoms with Gasteiger partial charge < -0.3 is 10.6 Å². The SMILES string of the molecule is CC[C@@H]1[C@@H](CN)CCCCN1c1ccn(C)n1. The minimum Gasteiger partial charge on any atom is -0.352 e. The van der Waals surface area contributed by atoms with E-state index in [1.165, 1.54) is 19.3 Å². The van der Waals surface area contributed by atoms with Gasteiger partial charge in [0.2, 0.25) is 0 Å². The maximum absolute atomic E-state index is 5.93. The molecule has 0 unspecified atom stereocenters. The van der Waals surface area contributed by atoms with E-state index in [9.17, 15) is 0 Å². The van der Waals surface area contributed by atoms with E-state index in [1.807, 2.05) is 17.9 Å². The number of nitrogens with two attached hydrogens (primary N) is 1. The van der Waals surface area contributed by atoms with Gasteiger partial charge in [0.1, 0.15) is 0 Å². The van der Waals surface area contributed by atoms with Gasteiger partial charge in [0.25, 0.3) is 0 Å². The van der Waals surface area contributed by atoms with Crippen molar-refractivity contribution in [1.29, 1.82) is 0 Å². The molecule has 4 nitrogen and oxygen atoms in total. The summed E-state index contributed by atoms with van der Waals surface area (Å²) in [5.41, 5.74) is 5.93. The first-order valence-corrected chi connectivity index (χ1v) is 6.72. The lowest BCUT2D eigenvalue weighted by molar-refractivity contribution is 0.390. The highest BCUT2D eigenvalue weighted by molar-refractivity contribution is 5.39. The van der Waals surface area contributed by atoms with Gasteiger partial charge in [-0.2, -0.15) is 5.10 Å². The first-order chi connectivity index (χ1) is 8.26. The standard InChI is InChI=1S/C13H24N4/c1-3-12-11(10-14)6-4-5-8-17(12)13-7-9-16(2)15-13/h7,9,11-12H,3-6,8,10,14H2,1-2H3/t11-,12-/m1/s1. The zero-order chi connectivity index (χ0) is 12.3. The maximum Gasteiger partial charge on any atom is 0.150 e. The summed E-state index contributed by atoms with van der Waals surface area (Å²) in [4.78, 5) is 2.46. The monoisotopic (exact) mass is 236 g/mol. The van der Waals surface area contributed by atoms with Crippen LogP contribution in [0.15, 0.2) is 12.3 Å². The van der Waals surface area contributed by atoms with E-state index in [4.69, 9.17) is 5.73 Å². The molecule has 1 fully saturated rings. The summed E-state index contributed by atoms with van der Waals surface area (Å²) < 4.78 is 1.88. The molecule has 0 saturated carbocycles. The molecule has 1 aliphatic heterocycles. The van der Waals surface area contributed by atoms with Gasteiger partial charge >= 0.3 is 0 Å². The molecule has 0 spiro atoms. The summed E-state index contributed by atoms with van der Waals surface area (Å²) in [6.07, 6.45) is 6.98. The van der Waals surface area contributed by atoms with Crippen LogP contribution in [0.4, 0.5) is 5.82 Å². The number of hydrogen-bond donors (Lipinski definition) is 1. The molecule has 4 heteroatoms. The summed E-state index contributed by atoms with van der Waals surface area (Å²) in [5, 5.41) is 4.54. The lowest BCUT2D eigenvalue weighted by atomic mass is 9.93. The Morgan fingerprint density at radius 1 is 1.47 bits per heavy atom. The van der Waals surface area contributed by atoms with Crippen LogP contribution in [0.3, 0.4) is 0 Å². The van der Waals surface area contributed by atoms with E-state index in [0.29, 0.717) is 12.0 Å². The Hall–Kier alpha value is -1.03. The highest BCUT2D eigenvalue weighted by atomic mass is 15.3. The molecular weight excluding hydrogens is 212 g/mol. The number of anilines is 1. The van der Waals surface area contributed by atoms with Gasteiger partial charge in [0.05, 0.1) is 0 Å². The summed E-state index contributed by atoms with van der Waals surface area (Å²) in [6.45, 7) is 4.17. The summed E-state index contributed by atoms with van der Waals surface area (Å²) in [5.74, 6) is 1.73. The summed E-state index contributed by atoms with van der Waals surface area (Å²) in [7, 11) is 1.97. The van der Waals surface area contributed by atoms with Crippen molar-refractivity contribution in [2.45, 2.75) is 38.6 Å². The third-order valence-corrected chi connectivity index (χ3v) is 3.88. The fourth-order valence-electron chi connectivity index (χ4n) is 2.97. The quantitative estimate of drug-likeness (QED) is 0.870. The molecule has 0 amide bonds. The summed E-state index contributed by atoms with van der Waals surface area (Å²) in [6, 6.07) is 2.67. The molecule has 2 rings (SSSR count). The largest absolute Gasteiger partial charge is 0.352 e. The van der Waals surface area contributed by atoms with E-state index < -0.39 is 0 Å². The Balaban J connectivity index is 2.22. The third-order valence-electron chi connectivity index (χ3n) is 3.88. The zero-order valence-electron chi connectivity index (χ0n) is 11.0. The number of aromatic nitrogens is 2. The second-order valence-corrected chi connectivity index (χ2v) is 5.01. The van der Waals surface area contributed by atoms with Gasteiger partial charge in [0.15, 0.2) is 5.82 Å². The van der Waals surface area contributed by atoms with Crippen LogP contribution in [0.1, 0.15) is 32.6 Å². The fourth-order valence-corrected chi connectivity index (χ4v) is 2.97. The van der Waals surface area contributed by atoms with Crippen molar-refractivity contribution >= 4 is 5.82 Å². The van der Waals surface area contributed by atoms with E-state index >= 15 is 0 Å². The molecule has 1 aromatic rings. The van der Waals surface area contributed by atoms with Crippen molar-refractivity contribution in [1.82, 2.24) is 9.78 Å². The number of nitrogens with zero attached hydrogens (tertiary/aromatic N) is 3. The molecule has 2 atom stereocenters. The van der Waals surface area contributed by atoms with Gasteiger partial charge in [-0.25, -0.2) is 0 Å². The third kappa shape index (κ3) is 2.63. The van der Waals surface area contributed by atoms with Crippen molar-refractivity contribution in [2.75, 3.05) is 18.0 Å². The minimum absolute atomic E-state index is 0.553. The molecule has 0 aliphatic carbocycles. The average molecular weight is 236 g/mol. The van der Waals surface area contributed by atoms with Crippen LogP contribution in [0.2, 0.25) is 0 Å². The molecule has 2 heterocycles. The Morgan fingerprint density at radius 3 is 2.88 bits per heavy atom. The Labute approximate surface area is 104 Å². The fraction of sp³-hybridized carbons (Fsp3) is 0.769. The Kier molecular flexibility index (Phi) is 4.05. The first-order valence-electron chi connectivity index (χ1n) is 6.72. The second kappa shape index (κ2) is 5.54. The highest BCUT2D eigenvalue weighted by Gasteiger charge is 2.28. The van der Waals surface area contributed by atoms with Crippen LogP contribution in [0.25, 0.3) is 0 Å². The number of hydrogen-bond acceptors (Lipinski definition) is 3.